The Kier molecular flexibility index (Phi) is 8.51. The highest BCUT2D eigenvalue weighted by molar-refractivity contribution is 5.75. The van der Waals surface area contributed by atoms with Crippen LogP contribution in [0.4, 0.5) is 0 Å². The molecule has 0 aliphatic carbocycles. The Bertz CT molecular complexity index is 152. The fraction of sp³-hybridized carbons (Fsp3) is 0.889. The quantitative estimate of drug-likeness (QED) is 0.439. The van der Waals surface area contributed by atoms with Crippen LogP contribution in [-0.2, 0) is 19.0 Å². The first-order valence-electron chi connectivity index (χ1n) is 4.66. The van der Waals surface area contributed by atoms with Gasteiger partial charge in [-0.25, -0.2) is 0 Å². The van der Waals surface area contributed by atoms with Gasteiger partial charge in [0.25, 0.3) is 0 Å². The van der Waals surface area contributed by atoms with Gasteiger partial charge in [0.2, 0.25) is 0 Å². The molecule has 0 aliphatic rings. The van der Waals surface area contributed by atoms with Crippen LogP contribution < -0.4 is 5.32 Å². The van der Waals surface area contributed by atoms with Crippen LogP contribution in [0.1, 0.15) is 6.92 Å². The number of nitrogens with one attached hydrogen (secondary N) is 1. The van der Waals surface area contributed by atoms with E-state index in [2.05, 4.69) is 10.1 Å². The van der Waals surface area contributed by atoms with E-state index in [0.29, 0.717) is 26.4 Å². The maximum atomic E-state index is 11.1. The van der Waals surface area contributed by atoms with Gasteiger partial charge in [-0.1, -0.05) is 0 Å². The van der Waals surface area contributed by atoms with Gasteiger partial charge in [-0.3, -0.25) is 4.79 Å². The lowest BCUT2D eigenvalue weighted by atomic mass is 10.3. The number of ether oxygens (including phenoxy) is 3. The van der Waals surface area contributed by atoms with Crippen LogP contribution in [-0.4, -0.2) is 52.6 Å². The first-order valence-corrected chi connectivity index (χ1v) is 4.66. The molecular formula is C9H19NO4. The predicted octanol–water partition coefficient (Wildman–Crippen LogP) is -0.199. The van der Waals surface area contributed by atoms with E-state index in [1.807, 2.05) is 6.92 Å². The molecule has 0 saturated heterocycles. The predicted molar refractivity (Wildman–Crippen MR) is 52.2 cm³/mol. The molecule has 5 nitrogen and oxygen atoms in total. The van der Waals surface area contributed by atoms with Gasteiger partial charge in [-0.15, -0.1) is 0 Å². The molecule has 0 fully saturated rings. The van der Waals surface area contributed by atoms with Crippen molar-refractivity contribution in [2.45, 2.75) is 13.0 Å². The van der Waals surface area contributed by atoms with Gasteiger partial charge in [0.05, 0.1) is 26.9 Å². The molecule has 84 valence electrons. The zero-order valence-corrected chi connectivity index (χ0v) is 9.04. The fourth-order valence-corrected chi connectivity index (χ4v) is 0.875. The summed E-state index contributed by atoms with van der Waals surface area (Å²) in [5.74, 6) is -0.316. The molecule has 0 spiro atoms. The highest BCUT2D eigenvalue weighted by atomic mass is 16.5. The van der Waals surface area contributed by atoms with Crippen molar-refractivity contribution < 1.29 is 19.0 Å². The molecule has 0 saturated carbocycles. The second kappa shape index (κ2) is 8.93. The lowest BCUT2D eigenvalue weighted by Crippen LogP contribution is -2.39. The molecule has 5 heteroatoms. The molecule has 1 unspecified atom stereocenters. The van der Waals surface area contributed by atoms with E-state index in [1.165, 1.54) is 7.11 Å². The molecule has 0 aromatic rings. The van der Waals surface area contributed by atoms with E-state index in [4.69, 9.17) is 9.47 Å². The molecule has 0 aliphatic heterocycles. The highest BCUT2D eigenvalue weighted by Crippen LogP contribution is 1.89. The van der Waals surface area contributed by atoms with Crippen LogP contribution in [0.15, 0.2) is 0 Å². The second-order valence-electron chi connectivity index (χ2n) is 2.64. The van der Waals surface area contributed by atoms with Crippen molar-refractivity contribution in [2.24, 2.45) is 0 Å². The van der Waals surface area contributed by atoms with E-state index >= 15 is 0 Å². The lowest BCUT2D eigenvalue weighted by Gasteiger charge is -2.13. The van der Waals surface area contributed by atoms with Crippen molar-refractivity contribution in [1.82, 2.24) is 5.32 Å². The van der Waals surface area contributed by atoms with Crippen molar-refractivity contribution in [2.75, 3.05) is 40.6 Å². The molecule has 0 heterocycles. The molecule has 0 aromatic heterocycles. The molecule has 0 radical (unpaired) electrons. The Morgan fingerprint density at radius 1 is 1.36 bits per heavy atom. The van der Waals surface area contributed by atoms with Crippen molar-refractivity contribution in [3.8, 4) is 0 Å². The highest BCUT2D eigenvalue weighted by Gasteiger charge is 2.16. The molecule has 1 N–H and O–H groups in total. The largest absolute Gasteiger partial charge is 0.468 e. The Morgan fingerprint density at radius 3 is 2.50 bits per heavy atom. The van der Waals surface area contributed by atoms with Gasteiger partial charge < -0.3 is 19.5 Å². The molecular weight excluding hydrogens is 186 g/mol. The Hall–Kier alpha value is -0.650. The average molecular weight is 205 g/mol. The lowest BCUT2D eigenvalue weighted by molar-refractivity contribution is -0.144. The topological polar surface area (TPSA) is 56.8 Å². The van der Waals surface area contributed by atoms with Gasteiger partial charge in [0.15, 0.2) is 0 Å². The molecule has 0 rings (SSSR count). The number of carbonyl (C=O) groups excluding carboxylic acids is 1. The number of rotatable bonds is 8. The minimum absolute atomic E-state index is 0.302. The number of carbonyl (C=O) groups is 1. The van der Waals surface area contributed by atoms with Crippen molar-refractivity contribution in [3.63, 3.8) is 0 Å². The summed E-state index contributed by atoms with van der Waals surface area (Å²) in [7, 11) is 3.04. The summed E-state index contributed by atoms with van der Waals surface area (Å²) in [4.78, 5) is 11.1. The average Bonchev–Trinajstić information content (AvgIpc) is 2.22. The minimum atomic E-state index is -0.401. The van der Waals surface area contributed by atoms with Gasteiger partial charge in [-0.2, -0.15) is 0 Å². The Labute approximate surface area is 84.7 Å². The van der Waals surface area contributed by atoms with Crippen LogP contribution in [0.25, 0.3) is 0 Å². The smallest absolute Gasteiger partial charge is 0.325 e. The summed E-state index contributed by atoms with van der Waals surface area (Å²) in [5, 5.41) is 2.80. The van der Waals surface area contributed by atoms with E-state index in [-0.39, 0.29) is 5.97 Å². The van der Waals surface area contributed by atoms with E-state index < -0.39 is 6.04 Å². The standard InChI is InChI=1S/C9H19NO4/c1-4-13-5-6-14-7-8(10-2)9(11)12-3/h8,10H,4-7H2,1-3H3. The summed E-state index contributed by atoms with van der Waals surface area (Å²) >= 11 is 0. The molecule has 0 amide bonds. The van der Waals surface area contributed by atoms with E-state index in [9.17, 15) is 4.79 Å². The number of esters is 1. The molecule has 0 bridgehead atoms. The van der Waals surface area contributed by atoms with Crippen molar-refractivity contribution >= 4 is 5.97 Å². The van der Waals surface area contributed by atoms with Crippen LogP contribution in [0.5, 0.6) is 0 Å². The number of likely N-dealkylation sites (N-methyl/N-ethyl adjacent to an activating group) is 1. The summed E-state index contributed by atoms with van der Waals surface area (Å²) in [6, 6.07) is -0.401. The third-order valence-electron chi connectivity index (χ3n) is 1.69. The third kappa shape index (κ3) is 5.90. The zero-order chi connectivity index (χ0) is 10.8. The maximum absolute atomic E-state index is 11.1. The Balaban J connectivity index is 3.48. The summed E-state index contributed by atoms with van der Waals surface area (Å²) < 4.78 is 14.9. The first kappa shape index (κ1) is 13.4. The Morgan fingerprint density at radius 2 is 2.00 bits per heavy atom. The number of methoxy groups -OCH3 is 1. The summed E-state index contributed by atoms with van der Waals surface area (Å²) in [5.41, 5.74) is 0. The minimum Gasteiger partial charge on any atom is -0.468 e. The second-order valence-corrected chi connectivity index (χ2v) is 2.64. The summed E-state index contributed by atoms with van der Waals surface area (Å²) in [6.07, 6.45) is 0. The van der Waals surface area contributed by atoms with E-state index in [1.54, 1.807) is 7.05 Å². The maximum Gasteiger partial charge on any atom is 0.325 e. The first-order chi connectivity index (χ1) is 6.76. The van der Waals surface area contributed by atoms with Crippen LogP contribution in [0.2, 0.25) is 0 Å². The van der Waals surface area contributed by atoms with Gasteiger partial charge >= 0.3 is 5.97 Å². The monoisotopic (exact) mass is 205 g/mol. The SMILES string of the molecule is CCOCCOCC(NC)C(=O)OC. The zero-order valence-electron chi connectivity index (χ0n) is 9.04. The fourth-order valence-electron chi connectivity index (χ4n) is 0.875. The van der Waals surface area contributed by atoms with Crippen LogP contribution >= 0.6 is 0 Å². The number of hydrogen-bond acceptors (Lipinski definition) is 5. The third-order valence-corrected chi connectivity index (χ3v) is 1.69. The van der Waals surface area contributed by atoms with Gasteiger partial charge in [0.1, 0.15) is 6.04 Å². The van der Waals surface area contributed by atoms with Crippen LogP contribution in [0, 0.1) is 0 Å². The van der Waals surface area contributed by atoms with Crippen LogP contribution in [0.3, 0.4) is 0 Å². The normalized spacial score (nSPS) is 12.5. The molecule has 1 atom stereocenters. The molecule has 0 aromatic carbocycles. The van der Waals surface area contributed by atoms with Crippen molar-refractivity contribution in [3.05, 3.63) is 0 Å². The summed E-state index contributed by atoms with van der Waals surface area (Å²) in [6.45, 7) is 3.94. The molecule has 14 heavy (non-hydrogen) atoms. The van der Waals surface area contributed by atoms with Crippen molar-refractivity contribution in [1.29, 1.82) is 0 Å². The van der Waals surface area contributed by atoms with Gasteiger partial charge in [0, 0.05) is 6.61 Å². The van der Waals surface area contributed by atoms with E-state index in [0.717, 1.165) is 0 Å². The number of hydrogen-bond donors (Lipinski definition) is 1. The van der Waals surface area contributed by atoms with Gasteiger partial charge in [-0.05, 0) is 14.0 Å².